The highest BCUT2D eigenvalue weighted by molar-refractivity contribution is 6.28. The third-order valence-electron chi connectivity index (χ3n) is 2.66. The molecule has 0 aliphatic carbocycles. The minimum absolute atomic E-state index is 0.102. The number of halogens is 1. The molecule has 0 saturated carbocycles. The van der Waals surface area contributed by atoms with E-state index >= 15 is 0 Å². The van der Waals surface area contributed by atoms with Crippen LogP contribution in [0, 0.1) is 0 Å². The predicted molar refractivity (Wildman–Crippen MR) is 72.2 cm³/mol. The third kappa shape index (κ3) is 1.87. The van der Waals surface area contributed by atoms with Crippen LogP contribution in [0.2, 0.25) is 5.28 Å². The van der Waals surface area contributed by atoms with Gasteiger partial charge in [0.25, 0.3) is 0 Å². The van der Waals surface area contributed by atoms with E-state index in [2.05, 4.69) is 15.0 Å². The Morgan fingerprint density at radius 1 is 0.889 bits per heavy atom. The van der Waals surface area contributed by atoms with Crippen LogP contribution >= 0.6 is 11.6 Å². The van der Waals surface area contributed by atoms with Crippen LogP contribution in [0.5, 0.6) is 0 Å². The molecule has 0 aliphatic heterocycles. The maximum Gasteiger partial charge on any atom is 0.227 e. The van der Waals surface area contributed by atoms with E-state index < -0.39 is 0 Å². The lowest BCUT2D eigenvalue weighted by Gasteiger charge is -2.05. The van der Waals surface area contributed by atoms with Crippen LogP contribution in [0.3, 0.4) is 0 Å². The maximum atomic E-state index is 5.81. The summed E-state index contributed by atoms with van der Waals surface area (Å²) < 4.78 is 0. The van der Waals surface area contributed by atoms with Crippen LogP contribution in [-0.4, -0.2) is 15.0 Å². The van der Waals surface area contributed by atoms with Gasteiger partial charge < -0.3 is 5.73 Å². The van der Waals surface area contributed by atoms with Crippen molar-refractivity contribution in [3.8, 4) is 11.4 Å². The maximum absolute atomic E-state index is 5.81. The van der Waals surface area contributed by atoms with E-state index in [0.717, 1.165) is 16.3 Å². The Balaban J connectivity index is 2.31. The Morgan fingerprint density at radius 2 is 1.67 bits per heavy atom. The molecule has 2 N–H and O–H groups in total. The Labute approximate surface area is 108 Å². The quantitative estimate of drug-likeness (QED) is 0.727. The molecule has 3 rings (SSSR count). The van der Waals surface area contributed by atoms with Crippen LogP contribution in [0.4, 0.5) is 5.95 Å². The highest BCUT2D eigenvalue weighted by Crippen LogP contribution is 2.26. The molecule has 0 saturated heterocycles. The van der Waals surface area contributed by atoms with Crippen LogP contribution in [-0.2, 0) is 0 Å². The van der Waals surface area contributed by atoms with Gasteiger partial charge in [0.1, 0.15) is 0 Å². The average Bonchev–Trinajstić information content (AvgIpc) is 2.37. The zero-order chi connectivity index (χ0) is 12.5. The minimum atomic E-state index is 0.102. The molecule has 0 unspecified atom stereocenters. The van der Waals surface area contributed by atoms with E-state index in [1.165, 1.54) is 0 Å². The molecule has 18 heavy (non-hydrogen) atoms. The minimum Gasteiger partial charge on any atom is -0.368 e. The molecule has 0 amide bonds. The molecular weight excluding hydrogens is 248 g/mol. The van der Waals surface area contributed by atoms with Gasteiger partial charge in [-0.2, -0.15) is 15.0 Å². The monoisotopic (exact) mass is 256 g/mol. The Hall–Kier alpha value is -2.20. The first-order valence-corrected chi connectivity index (χ1v) is 5.77. The van der Waals surface area contributed by atoms with E-state index in [1.54, 1.807) is 0 Å². The number of nitrogen functional groups attached to an aromatic ring is 1. The smallest absolute Gasteiger partial charge is 0.227 e. The topological polar surface area (TPSA) is 64.7 Å². The van der Waals surface area contributed by atoms with Gasteiger partial charge in [-0.25, -0.2) is 0 Å². The fourth-order valence-corrected chi connectivity index (χ4v) is 2.07. The van der Waals surface area contributed by atoms with Crippen LogP contribution in [0.25, 0.3) is 22.2 Å². The summed E-state index contributed by atoms with van der Waals surface area (Å²) in [6.45, 7) is 0. The van der Waals surface area contributed by atoms with E-state index in [-0.39, 0.29) is 11.2 Å². The lowest BCUT2D eigenvalue weighted by atomic mass is 10.0. The summed E-state index contributed by atoms with van der Waals surface area (Å²) >= 11 is 5.81. The molecule has 0 radical (unpaired) electrons. The van der Waals surface area contributed by atoms with E-state index in [4.69, 9.17) is 17.3 Å². The number of rotatable bonds is 1. The zero-order valence-electron chi connectivity index (χ0n) is 9.34. The number of hydrogen-bond donors (Lipinski definition) is 1. The number of fused-ring (bicyclic) bond motifs is 1. The first-order chi connectivity index (χ1) is 8.74. The molecule has 88 valence electrons. The third-order valence-corrected chi connectivity index (χ3v) is 2.82. The van der Waals surface area contributed by atoms with Crippen LogP contribution in [0.1, 0.15) is 0 Å². The number of anilines is 1. The van der Waals surface area contributed by atoms with Crippen molar-refractivity contribution in [1.29, 1.82) is 0 Å². The van der Waals surface area contributed by atoms with E-state index in [1.807, 2.05) is 42.5 Å². The van der Waals surface area contributed by atoms with Gasteiger partial charge in [0, 0.05) is 5.56 Å². The van der Waals surface area contributed by atoms with Gasteiger partial charge in [-0.05, 0) is 22.4 Å². The van der Waals surface area contributed by atoms with Crippen molar-refractivity contribution < 1.29 is 0 Å². The van der Waals surface area contributed by atoms with Crippen molar-refractivity contribution in [2.75, 3.05) is 5.73 Å². The number of aromatic nitrogens is 3. The fourth-order valence-electron chi connectivity index (χ4n) is 1.91. The summed E-state index contributed by atoms with van der Waals surface area (Å²) in [6.07, 6.45) is 0. The lowest BCUT2D eigenvalue weighted by Crippen LogP contribution is -2.00. The van der Waals surface area contributed by atoms with Gasteiger partial charge in [0.05, 0.1) is 0 Å². The molecule has 1 aromatic heterocycles. The number of hydrogen-bond acceptors (Lipinski definition) is 4. The van der Waals surface area contributed by atoms with Gasteiger partial charge in [-0.1, -0.05) is 42.5 Å². The molecule has 0 atom stereocenters. The SMILES string of the molecule is Nc1nc(Cl)nc(-c2cccc3ccccc23)n1. The first kappa shape index (κ1) is 10.9. The van der Waals surface area contributed by atoms with Gasteiger partial charge >= 0.3 is 0 Å². The highest BCUT2D eigenvalue weighted by Gasteiger charge is 2.08. The van der Waals surface area contributed by atoms with Crippen molar-refractivity contribution >= 4 is 28.3 Å². The van der Waals surface area contributed by atoms with Gasteiger partial charge in [0.2, 0.25) is 11.2 Å². The second-order valence-corrected chi connectivity index (χ2v) is 4.15. The fraction of sp³-hybridized carbons (Fsp3) is 0. The Bertz CT molecular complexity index is 702. The predicted octanol–water partition coefficient (Wildman–Crippen LogP) is 2.93. The Kier molecular flexibility index (Phi) is 2.57. The van der Waals surface area contributed by atoms with Crippen molar-refractivity contribution in [3.63, 3.8) is 0 Å². The molecular formula is C13H9ClN4. The van der Waals surface area contributed by atoms with Crippen molar-refractivity contribution in [2.45, 2.75) is 0 Å². The summed E-state index contributed by atoms with van der Waals surface area (Å²) in [6, 6.07) is 13.9. The number of nitrogens with zero attached hydrogens (tertiary/aromatic N) is 3. The van der Waals surface area contributed by atoms with Crippen molar-refractivity contribution in [1.82, 2.24) is 15.0 Å². The molecule has 0 bridgehead atoms. The second-order valence-electron chi connectivity index (χ2n) is 3.81. The van der Waals surface area contributed by atoms with Gasteiger partial charge in [0.15, 0.2) is 5.82 Å². The largest absolute Gasteiger partial charge is 0.368 e. The number of benzene rings is 2. The van der Waals surface area contributed by atoms with Gasteiger partial charge in [-0.3, -0.25) is 0 Å². The van der Waals surface area contributed by atoms with Crippen molar-refractivity contribution in [2.24, 2.45) is 0 Å². The summed E-state index contributed by atoms with van der Waals surface area (Å²) in [5.41, 5.74) is 6.49. The summed E-state index contributed by atoms with van der Waals surface area (Å²) in [7, 11) is 0. The molecule has 4 nitrogen and oxygen atoms in total. The van der Waals surface area contributed by atoms with Gasteiger partial charge in [-0.15, -0.1) is 0 Å². The summed E-state index contributed by atoms with van der Waals surface area (Å²) in [4.78, 5) is 12.0. The zero-order valence-corrected chi connectivity index (χ0v) is 10.1. The highest BCUT2D eigenvalue weighted by atomic mass is 35.5. The second kappa shape index (κ2) is 4.23. The molecule has 0 fully saturated rings. The summed E-state index contributed by atoms with van der Waals surface area (Å²) in [5, 5.41) is 2.28. The molecule has 0 spiro atoms. The molecule has 1 heterocycles. The standard InChI is InChI=1S/C13H9ClN4/c14-12-16-11(17-13(15)18-12)10-7-3-5-8-4-1-2-6-9(8)10/h1-7H,(H2,15,16,17,18). The summed E-state index contributed by atoms with van der Waals surface area (Å²) in [5.74, 6) is 0.613. The number of nitrogens with two attached hydrogens (primary N) is 1. The van der Waals surface area contributed by atoms with E-state index in [0.29, 0.717) is 5.82 Å². The lowest BCUT2D eigenvalue weighted by molar-refractivity contribution is 1.07. The molecule has 0 aliphatic rings. The average molecular weight is 257 g/mol. The molecule has 2 aromatic carbocycles. The molecule has 3 aromatic rings. The van der Waals surface area contributed by atoms with Crippen LogP contribution < -0.4 is 5.73 Å². The van der Waals surface area contributed by atoms with E-state index in [9.17, 15) is 0 Å². The van der Waals surface area contributed by atoms with Crippen molar-refractivity contribution in [3.05, 3.63) is 47.7 Å². The Morgan fingerprint density at radius 3 is 2.50 bits per heavy atom. The first-order valence-electron chi connectivity index (χ1n) is 5.39. The molecule has 5 heteroatoms. The normalized spacial score (nSPS) is 10.7. The van der Waals surface area contributed by atoms with Crippen LogP contribution in [0.15, 0.2) is 42.5 Å².